The largest absolute Gasteiger partial charge is 0.326 e. The predicted octanol–water partition coefficient (Wildman–Crippen LogP) is 1.80. The number of nitrogens with one attached hydrogen (secondary N) is 1. The number of carbonyl (C=O) groups is 2. The van der Waals surface area contributed by atoms with Gasteiger partial charge in [-0.1, -0.05) is 30.3 Å². The van der Waals surface area contributed by atoms with Crippen LogP contribution < -0.4 is 5.32 Å². The van der Waals surface area contributed by atoms with Crippen molar-refractivity contribution in [3.05, 3.63) is 35.9 Å². The van der Waals surface area contributed by atoms with E-state index in [2.05, 4.69) is 34.3 Å². The van der Waals surface area contributed by atoms with Crippen molar-refractivity contribution < 1.29 is 9.59 Å². The van der Waals surface area contributed by atoms with Gasteiger partial charge in [-0.15, -0.1) is 0 Å². The topological polar surface area (TPSA) is 55.9 Å². The normalized spacial score (nSPS) is 27.2. The van der Waals surface area contributed by atoms with Crippen LogP contribution in [0.25, 0.3) is 0 Å². The van der Waals surface area contributed by atoms with E-state index in [-0.39, 0.29) is 18.0 Å². The maximum Gasteiger partial charge on any atom is 0.326 e. The first kappa shape index (κ1) is 16.5. The second kappa shape index (κ2) is 6.42. The number of hydrogen-bond donors (Lipinski definition) is 1. The highest BCUT2D eigenvalue weighted by Crippen LogP contribution is 2.34. The minimum Gasteiger partial charge on any atom is -0.323 e. The summed E-state index contributed by atoms with van der Waals surface area (Å²) in [5.41, 5.74) is 0.590. The van der Waals surface area contributed by atoms with Crippen molar-refractivity contribution in [2.45, 2.75) is 37.3 Å². The SMILES string of the molecule is CN1CCC2(CC1)NC(=O)N(CN1CCC[C@H]1c1ccccc1)C2=O. The van der Waals surface area contributed by atoms with Gasteiger partial charge in [-0.2, -0.15) is 0 Å². The van der Waals surface area contributed by atoms with E-state index < -0.39 is 5.54 Å². The number of nitrogens with zero attached hydrogens (tertiary/aromatic N) is 3. The molecule has 1 atom stereocenters. The second-order valence-corrected chi connectivity index (χ2v) is 7.57. The second-order valence-electron chi connectivity index (χ2n) is 7.57. The number of rotatable bonds is 3. The molecule has 1 aromatic rings. The Labute approximate surface area is 148 Å². The molecule has 0 bridgehead atoms. The van der Waals surface area contributed by atoms with Crippen LogP contribution >= 0.6 is 0 Å². The molecule has 0 radical (unpaired) electrons. The van der Waals surface area contributed by atoms with Gasteiger partial charge in [0.2, 0.25) is 0 Å². The molecule has 0 aliphatic carbocycles. The van der Waals surface area contributed by atoms with Crippen molar-refractivity contribution in [3.8, 4) is 0 Å². The molecule has 134 valence electrons. The van der Waals surface area contributed by atoms with E-state index in [1.54, 1.807) is 0 Å². The summed E-state index contributed by atoms with van der Waals surface area (Å²) in [7, 11) is 2.06. The van der Waals surface area contributed by atoms with Crippen molar-refractivity contribution in [3.63, 3.8) is 0 Å². The Kier molecular flexibility index (Phi) is 4.25. The van der Waals surface area contributed by atoms with Crippen LogP contribution in [0.4, 0.5) is 4.79 Å². The van der Waals surface area contributed by atoms with Gasteiger partial charge in [0.15, 0.2) is 0 Å². The zero-order valence-electron chi connectivity index (χ0n) is 14.8. The van der Waals surface area contributed by atoms with Crippen LogP contribution in [0, 0.1) is 0 Å². The molecule has 1 spiro atoms. The summed E-state index contributed by atoms with van der Waals surface area (Å²) in [6, 6.07) is 10.4. The number of amides is 3. The molecule has 6 heteroatoms. The molecule has 3 saturated heterocycles. The van der Waals surface area contributed by atoms with E-state index in [1.165, 1.54) is 10.5 Å². The fraction of sp³-hybridized carbons (Fsp3) is 0.579. The zero-order valence-corrected chi connectivity index (χ0v) is 14.8. The molecule has 3 fully saturated rings. The van der Waals surface area contributed by atoms with Gasteiger partial charge in [0.05, 0.1) is 6.67 Å². The van der Waals surface area contributed by atoms with Crippen molar-refractivity contribution in [1.29, 1.82) is 0 Å². The van der Waals surface area contributed by atoms with Gasteiger partial charge in [-0.25, -0.2) is 9.69 Å². The molecular formula is C19H26N4O2. The van der Waals surface area contributed by atoms with Crippen LogP contribution in [0.15, 0.2) is 30.3 Å². The highest BCUT2D eigenvalue weighted by Gasteiger charge is 2.52. The van der Waals surface area contributed by atoms with E-state index >= 15 is 0 Å². The van der Waals surface area contributed by atoms with Crippen LogP contribution in [0.3, 0.4) is 0 Å². The molecule has 4 rings (SSSR count). The maximum atomic E-state index is 13.0. The fourth-order valence-electron chi connectivity index (χ4n) is 4.37. The number of benzene rings is 1. The number of carbonyl (C=O) groups excluding carboxylic acids is 2. The summed E-state index contributed by atoms with van der Waals surface area (Å²) in [5.74, 6) is -0.0377. The highest BCUT2D eigenvalue weighted by atomic mass is 16.2. The van der Waals surface area contributed by atoms with Crippen molar-refractivity contribution in [1.82, 2.24) is 20.0 Å². The quantitative estimate of drug-likeness (QED) is 0.851. The summed E-state index contributed by atoms with van der Waals surface area (Å²) < 4.78 is 0. The van der Waals surface area contributed by atoms with Gasteiger partial charge in [0.1, 0.15) is 5.54 Å². The van der Waals surface area contributed by atoms with E-state index in [4.69, 9.17) is 0 Å². The molecule has 3 aliphatic heterocycles. The molecule has 1 aromatic carbocycles. The molecule has 0 unspecified atom stereocenters. The predicted molar refractivity (Wildman–Crippen MR) is 94.8 cm³/mol. The molecule has 1 N–H and O–H groups in total. The Morgan fingerprint density at radius 1 is 1.12 bits per heavy atom. The molecule has 25 heavy (non-hydrogen) atoms. The van der Waals surface area contributed by atoms with Gasteiger partial charge in [-0.05, 0) is 38.3 Å². The first-order valence-electron chi connectivity index (χ1n) is 9.21. The first-order valence-corrected chi connectivity index (χ1v) is 9.21. The Balaban J connectivity index is 1.49. The van der Waals surface area contributed by atoms with Crippen molar-refractivity contribution in [2.24, 2.45) is 0 Å². The third kappa shape index (κ3) is 2.93. The van der Waals surface area contributed by atoms with E-state index in [0.29, 0.717) is 19.5 Å². The number of hydrogen-bond acceptors (Lipinski definition) is 4. The van der Waals surface area contributed by atoms with Crippen LogP contribution in [0.5, 0.6) is 0 Å². The number of piperidine rings is 1. The fourth-order valence-corrected chi connectivity index (χ4v) is 4.37. The maximum absolute atomic E-state index is 13.0. The number of likely N-dealkylation sites (tertiary alicyclic amines) is 2. The molecule has 0 aromatic heterocycles. The lowest BCUT2D eigenvalue weighted by atomic mass is 9.88. The Morgan fingerprint density at radius 3 is 2.56 bits per heavy atom. The standard InChI is InChI=1S/C19H26N4O2/c1-21-12-9-19(10-13-21)17(24)23(18(25)20-19)14-22-11-5-8-16(22)15-6-3-2-4-7-15/h2-4,6-7,16H,5,8-14H2,1H3,(H,20,25)/t16-/m0/s1. The Morgan fingerprint density at radius 2 is 1.84 bits per heavy atom. The molecular weight excluding hydrogens is 316 g/mol. The zero-order chi connectivity index (χ0) is 17.4. The molecule has 3 heterocycles. The van der Waals surface area contributed by atoms with Crippen molar-refractivity contribution >= 4 is 11.9 Å². The van der Waals surface area contributed by atoms with Gasteiger partial charge in [-0.3, -0.25) is 9.69 Å². The van der Waals surface area contributed by atoms with E-state index in [1.807, 2.05) is 18.2 Å². The van der Waals surface area contributed by atoms with E-state index in [0.717, 1.165) is 32.5 Å². The lowest BCUT2D eigenvalue weighted by Gasteiger charge is -2.35. The minimum atomic E-state index is -0.675. The molecule has 6 nitrogen and oxygen atoms in total. The Bertz CT molecular complexity index is 655. The third-order valence-electron chi connectivity index (χ3n) is 5.96. The molecule has 3 aliphatic rings. The lowest BCUT2D eigenvalue weighted by molar-refractivity contribution is -0.134. The summed E-state index contributed by atoms with van der Waals surface area (Å²) in [6.07, 6.45) is 3.57. The van der Waals surface area contributed by atoms with Crippen LogP contribution in [-0.4, -0.2) is 65.5 Å². The summed E-state index contributed by atoms with van der Waals surface area (Å²) >= 11 is 0. The average molecular weight is 342 g/mol. The van der Waals surface area contributed by atoms with Crippen molar-refractivity contribution in [2.75, 3.05) is 33.4 Å². The summed E-state index contributed by atoms with van der Waals surface area (Å²) in [5, 5.41) is 3.00. The van der Waals surface area contributed by atoms with E-state index in [9.17, 15) is 9.59 Å². The highest BCUT2D eigenvalue weighted by molar-refractivity contribution is 6.07. The summed E-state index contributed by atoms with van der Waals surface area (Å²) in [6.45, 7) is 3.00. The van der Waals surface area contributed by atoms with Crippen LogP contribution in [-0.2, 0) is 4.79 Å². The van der Waals surface area contributed by atoms with Gasteiger partial charge in [0, 0.05) is 25.7 Å². The average Bonchev–Trinajstić information content (AvgIpc) is 3.18. The minimum absolute atomic E-state index is 0.0377. The van der Waals surface area contributed by atoms with Gasteiger partial charge >= 0.3 is 6.03 Å². The van der Waals surface area contributed by atoms with Crippen LogP contribution in [0.1, 0.15) is 37.3 Å². The summed E-state index contributed by atoms with van der Waals surface area (Å²) in [4.78, 5) is 31.5. The van der Waals surface area contributed by atoms with Gasteiger partial charge in [0.25, 0.3) is 5.91 Å². The lowest BCUT2D eigenvalue weighted by Crippen LogP contribution is -2.54. The first-order chi connectivity index (χ1) is 12.1. The smallest absolute Gasteiger partial charge is 0.323 e. The number of urea groups is 1. The molecule has 3 amide bonds. The Hall–Kier alpha value is -1.92. The monoisotopic (exact) mass is 342 g/mol. The molecule has 0 saturated carbocycles. The van der Waals surface area contributed by atoms with Crippen LogP contribution in [0.2, 0.25) is 0 Å². The van der Waals surface area contributed by atoms with Gasteiger partial charge < -0.3 is 10.2 Å². The number of imide groups is 1. The third-order valence-corrected chi connectivity index (χ3v) is 5.96.